The molecule has 3 rings (SSSR count). The van der Waals surface area contributed by atoms with Crippen LogP contribution < -0.4 is 10.6 Å². The Labute approximate surface area is 114 Å². The molecule has 1 fully saturated rings. The molecule has 3 heteroatoms. The van der Waals surface area contributed by atoms with Crippen LogP contribution in [-0.4, -0.2) is 19.0 Å². The number of piperidine rings is 1. The Balaban J connectivity index is 1.66. The zero-order valence-electron chi connectivity index (χ0n) is 11.4. The third kappa shape index (κ3) is 2.98. The van der Waals surface area contributed by atoms with Crippen molar-refractivity contribution in [1.29, 1.82) is 0 Å². The lowest BCUT2D eigenvalue weighted by Crippen LogP contribution is -2.86. The van der Waals surface area contributed by atoms with Crippen molar-refractivity contribution in [2.45, 2.75) is 32.1 Å². The van der Waals surface area contributed by atoms with Gasteiger partial charge >= 0.3 is 0 Å². The molecule has 3 nitrogen and oxygen atoms in total. The van der Waals surface area contributed by atoms with E-state index in [4.69, 9.17) is 0 Å². The second-order valence-electron chi connectivity index (χ2n) is 5.93. The highest BCUT2D eigenvalue weighted by Crippen LogP contribution is 2.29. The summed E-state index contributed by atoms with van der Waals surface area (Å²) in [5.74, 6) is 1.19. The molecule has 1 aromatic carbocycles. The van der Waals surface area contributed by atoms with Crippen molar-refractivity contribution in [2.24, 2.45) is 11.8 Å². The molecule has 2 aliphatic rings. The van der Waals surface area contributed by atoms with E-state index in [1.807, 2.05) is 12.1 Å². The number of nitrogens with two attached hydrogens (primary N) is 1. The molecule has 1 amide bonds. The van der Waals surface area contributed by atoms with E-state index in [1.54, 1.807) is 0 Å². The SMILES string of the molecule is O=C1Nc2ccccc2CCC1CC1CC[NH2+]CC1. The minimum absolute atomic E-state index is 0.204. The molecule has 2 heterocycles. The van der Waals surface area contributed by atoms with Crippen molar-refractivity contribution in [2.75, 3.05) is 18.4 Å². The summed E-state index contributed by atoms with van der Waals surface area (Å²) < 4.78 is 0. The Morgan fingerprint density at radius 2 is 1.95 bits per heavy atom. The first kappa shape index (κ1) is 12.7. The summed E-state index contributed by atoms with van der Waals surface area (Å²) >= 11 is 0. The van der Waals surface area contributed by atoms with Crippen LogP contribution in [0.3, 0.4) is 0 Å². The van der Waals surface area contributed by atoms with Gasteiger partial charge < -0.3 is 10.6 Å². The molecule has 3 N–H and O–H groups in total. The Hall–Kier alpha value is -1.35. The molecule has 1 saturated heterocycles. The summed E-state index contributed by atoms with van der Waals surface area (Å²) in [6.45, 7) is 2.47. The molecule has 102 valence electrons. The van der Waals surface area contributed by atoms with Gasteiger partial charge in [0, 0.05) is 11.6 Å². The summed E-state index contributed by atoms with van der Waals surface area (Å²) in [7, 11) is 0. The highest BCUT2D eigenvalue weighted by atomic mass is 16.1. The Morgan fingerprint density at radius 1 is 1.16 bits per heavy atom. The largest absolute Gasteiger partial charge is 0.346 e. The maximum Gasteiger partial charge on any atom is 0.227 e. The zero-order valence-corrected chi connectivity index (χ0v) is 11.4. The molecule has 0 radical (unpaired) electrons. The van der Waals surface area contributed by atoms with E-state index >= 15 is 0 Å². The van der Waals surface area contributed by atoms with Crippen molar-refractivity contribution in [1.82, 2.24) is 0 Å². The van der Waals surface area contributed by atoms with Gasteiger partial charge in [-0.3, -0.25) is 4.79 Å². The molecule has 0 aromatic heterocycles. The lowest BCUT2D eigenvalue weighted by molar-refractivity contribution is -0.665. The third-order valence-corrected chi connectivity index (χ3v) is 4.58. The van der Waals surface area contributed by atoms with Crippen LogP contribution in [0.4, 0.5) is 5.69 Å². The predicted molar refractivity (Wildman–Crippen MR) is 75.9 cm³/mol. The van der Waals surface area contributed by atoms with E-state index in [-0.39, 0.29) is 11.8 Å². The quantitative estimate of drug-likeness (QED) is 0.831. The molecule has 0 spiro atoms. The molecular weight excluding hydrogens is 236 g/mol. The van der Waals surface area contributed by atoms with E-state index < -0.39 is 0 Å². The summed E-state index contributed by atoms with van der Waals surface area (Å²) in [5.41, 5.74) is 2.31. The molecule has 0 bridgehead atoms. The maximum atomic E-state index is 12.3. The van der Waals surface area contributed by atoms with E-state index in [2.05, 4.69) is 22.8 Å². The van der Waals surface area contributed by atoms with Crippen LogP contribution in [0.2, 0.25) is 0 Å². The van der Waals surface area contributed by atoms with Crippen LogP contribution in [0, 0.1) is 11.8 Å². The molecule has 1 atom stereocenters. The van der Waals surface area contributed by atoms with E-state index in [9.17, 15) is 4.79 Å². The summed E-state index contributed by atoms with van der Waals surface area (Å²) in [4.78, 5) is 12.3. The number of carbonyl (C=O) groups excluding carboxylic acids is 1. The van der Waals surface area contributed by atoms with E-state index in [0.717, 1.165) is 30.9 Å². The first-order valence-corrected chi connectivity index (χ1v) is 7.53. The third-order valence-electron chi connectivity index (χ3n) is 4.58. The fraction of sp³-hybridized carbons (Fsp3) is 0.562. The fourth-order valence-electron chi connectivity index (χ4n) is 3.41. The van der Waals surface area contributed by atoms with Crippen LogP contribution in [0.1, 0.15) is 31.2 Å². The zero-order chi connectivity index (χ0) is 13.1. The highest BCUT2D eigenvalue weighted by Gasteiger charge is 2.27. The van der Waals surface area contributed by atoms with Crippen LogP contribution in [0.15, 0.2) is 24.3 Å². The van der Waals surface area contributed by atoms with Crippen LogP contribution >= 0.6 is 0 Å². The topological polar surface area (TPSA) is 45.7 Å². The summed E-state index contributed by atoms with van der Waals surface area (Å²) in [6.07, 6.45) is 5.66. The van der Waals surface area contributed by atoms with E-state index in [1.165, 1.54) is 31.5 Å². The number of quaternary nitrogens is 1. The lowest BCUT2D eigenvalue weighted by Gasteiger charge is -2.24. The first-order chi connectivity index (χ1) is 9.33. The monoisotopic (exact) mass is 259 g/mol. The lowest BCUT2D eigenvalue weighted by atomic mass is 9.85. The van der Waals surface area contributed by atoms with Crippen molar-refractivity contribution in [3.8, 4) is 0 Å². The van der Waals surface area contributed by atoms with Gasteiger partial charge in [-0.15, -0.1) is 0 Å². The van der Waals surface area contributed by atoms with Crippen molar-refractivity contribution >= 4 is 11.6 Å². The molecule has 19 heavy (non-hydrogen) atoms. The van der Waals surface area contributed by atoms with Crippen molar-refractivity contribution in [3.63, 3.8) is 0 Å². The number of benzene rings is 1. The van der Waals surface area contributed by atoms with Gasteiger partial charge in [0.25, 0.3) is 0 Å². The number of amides is 1. The first-order valence-electron chi connectivity index (χ1n) is 7.53. The van der Waals surface area contributed by atoms with Gasteiger partial charge in [-0.25, -0.2) is 0 Å². The van der Waals surface area contributed by atoms with Gasteiger partial charge in [0.2, 0.25) is 5.91 Å². The standard InChI is InChI=1S/C16H22N2O/c19-16-14(11-12-7-9-17-10-8-12)6-5-13-3-1-2-4-15(13)18-16/h1-4,12,14,17H,5-11H2,(H,18,19)/p+1. The highest BCUT2D eigenvalue weighted by molar-refractivity contribution is 5.94. The number of nitrogens with one attached hydrogen (secondary N) is 1. The second kappa shape index (κ2) is 5.74. The summed E-state index contributed by atoms with van der Waals surface area (Å²) in [5, 5.41) is 5.50. The van der Waals surface area contributed by atoms with Crippen LogP contribution in [0.5, 0.6) is 0 Å². The normalized spacial score (nSPS) is 24.4. The molecule has 1 unspecified atom stereocenters. The van der Waals surface area contributed by atoms with Gasteiger partial charge in [0.05, 0.1) is 13.1 Å². The van der Waals surface area contributed by atoms with Gasteiger partial charge in [-0.2, -0.15) is 0 Å². The molecule has 0 saturated carbocycles. The number of anilines is 1. The average molecular weight is 259 g/mol. The van der Waals surface area contributed by atoms with Crippen molar-refractivity contribution < 1.29 is 10.1 Å². The second-order valence-corrected chi connectivity index (χ2v) is 5.93. The molecule has 0 aliphatic carbocycles. The number of hydrogen-bond acceptors (Lipinski definition) is 1. The molecular formula is C16H23N2O+. The van der Waals surface area contributed by atoms with Crippen LogP contribution in [0.25, 0.3) is 0 Å². The van der Waals surface area contributed by atoms with Gasteiger partial charge in [0.1, 0.15) is 0 Å². The molecule has 1 aromatic rings. The Kier molecular flexibility index (Phi) is 3.83. The van der Waals surface area contributed by atoms with Crippen LogP contribution in [-0.2, 0) is 11.2 Å². The predicted octanol–water partition coefficient (Wildman–Crippen LogP) is 1.55. The minimum Gasteiger partial charge on any atom is -0.346 e. The maximum absolute atomic E-state index is 12.3. The Bertz CT molecular complexity index is 452. The number of carbonyl (C=O) groups is 1. The molecule has 2 aliphatic heterocycles. The average Bonchev–Trinajstić information content (AvgIpc) is 2.60. The van der Waals surface area contributed by atoms with Gasteiger partial charge in [-0.05, 0) is 49.7 Å². The van der Waals surface area contributed by atoms with Crippen molar-refractivity contribution in [3.05, 3.63) is 29.8 Å². The number of rotatable bonds is 2. The number of aryl methyl sites for hydroxylation is 1. The number of fused-ring (bicyclic) bond motifs is 1. The summed E-state index contributed by atoms with van der Waals surface area (Å²) in [6, 6.07) is 8.21. The fourth-order valence-corrected chi connectivity index (χ4v) is 3.41. The van der Waals surface area contributed by atoms with Gasteiger partial charge in [-0.1, -0.05) is 18.2 Å². The van der Waals surface area contributed by atoms with Gasteiger partial charge in [0.15, 0.2) is 0 Å². The number of hydrogen-bond donors (Lipinski definition) is 2. The number of para-hydroxylation sites is 1. The van der Waals surface area contributed by atoms with E-state index in [0.29, 0.717) is 0 Å². The smallest absolute Gasteiger partial charge is 0.227 e. The Morgan fingerprint density at radius 3 is 2.79 bits per heavy atom. The minimum atomic E-state index is 0.204.